The van der Waals surface area contributed by atoms with Crippen LogP contribution in [0.25, 0.3) is 0 Å². The van der Waals surface area contributed by atoms with Crippen LogP contribution in [0.15, 0.2) is 12.1 Å². The van der Waals surface area contributed by atoms with E-state index >= 15 is 0 Å². The Morgan fingerprint density at radius 3 is 2.94 bits per heavy atom. The van der Waals surface area contributed by atoms with Gasteiger partial charge in [0.05, 0.1) is 17.2 Å². The first-order valence-electron chi connectivity index (χ1n) is 5.19. The lowest BCUT2D eigenvalue weighted by Crippen LogP contribution is -2.28. The molecule has 1 aliphatic rings. The molecule has 0 spiro atoms. The number of ketones is 1. The molecule has 0 aliphatic carbocycles. The molecule has 1 aromatic carbocycles. The van der Waals surface area contributed by atoms with Crippen LogP contribution in [0.5, 0.6) is 0 Å². The molecule has 5 heteroatoms. The Morgan fingerprint density at radius 2 is 2.35 bits per heavy atom. The average molecular weight is 251 g/mol. The van der Waals surface area contributed by atoms with Crippen LogP contribution in [-0.4, -0.2) is 25.0 Å². The minimum Gasteiger partial charge on any atom is -0.373 e. The zero-order valence-corrected chi connectivity index (χ0v) is 10.0. The Kier molecular flexibility index (Phi) is 3.32. The maximum Gasteiger partial charge on any atom is 0.182 e. The molecule has 0 amide bonds. The van der Waals surface area contributed by atoms with Crippen molar-refractivity contribution >= 4 is 23.1 Å². The first-order chi connectivity index (χ1) is 8.13. The molecule has 1 aliphatic heterocycles. The zero-order valence-electron chi connectivity index (χ0n) is 9.29. The van der Waals surface area contributed by atoms with Gasteiger partial charge in [0.2, 0.25) is 0 Å². The third-order valence-electron chi connectivity index (χ3n) is 2.75. The summed E-state index contributed by atoms with van der Waals surface area (Å²) in [5.41, 5.74) is 1.96. The number of hydrogen-bond acceptors (Lipinski definition) is 4. The van der Waals surface area contributed by atoms with E-state index < -0.39 is 0 Å². The van der Waals surface area contributed by atoms with Gasteiger partial charge in [0.25, 0.3) is 0 Å². The Labute approximate surface area is 104 Å². The molecule has 1 saturated heterocycles. The van der Waals surface area contributed by atoms with E-state index in [1.54, 1.807) is 12.1 Å². The molecule has 1 aromatic rings. The van der Waals surface area contributed by atoms with E-state index in [9.17, 15) is 4.79 Å². The molecule has 1 atom stereocenters. The highest BCUT2D eigenvalue weighted by Crippen LogP contribution is 2.27. The van der Waals surface area contributed by atoms with Crippen molar-refractivity contribution in [1.82, 2.24) is 0 Å². The van der Waals surface area contributed by atoms with E-state index in [2.05, 4.69) is 5.32 Å². The smallest absolute Gasteiger partial charge is 0.182 e. The van der Waals surface area contributed by atoms with Crippen molar-refractivity contribution in [2.75, 3.05) is 18.5 Å². The summed E-state index contributed by atoms with van der Waals surface area (Å²) < 4.78 is 5.06. The number of rotatable bonds is 2. The Bertz CT molecular complexity index is 508. The fraction of sp³-hybridized carbons (Fsp3) is 0.333. The number of nitrogens with one attached hydrogen (secondary N) is 1. The molecular formula is C12H11ClN2O2. The van der Waals surface area contributed by atoms with E-state index in [-0.39, 0.29) is 18.4 Å². The number of nitrogens with zero attached hydrogens (tertiary/aromatic N) is 1. The molecule has 0 bridgehead atoms. The van der Waals surface area contributed by atoms with E-state index in [4.69, 9.17) is 21.6 Å². The molecule has 1 fully saturated rings. The summed E-state index contributed by atoms with van der Waals surface area (Å²) in [4.78, 5) is 11.4. The number of anilines is 1. The van der Waals surface area contributed by atoms with Gasteiger partial charge in [0, 0.05) is 5.69 Å². The molecule has 1 N–H and O–H groups in total. The van der Waals surface area contributed by atoms with Crippen molar-refractivity contribution in [2.24, 2.45) is 0 Å². The lowest BCUT2D eigenvalue weighted by Gasteiger charge is -2.14. The van der Waals surface area contributed by atoms with Crippen molar-refractivity contribution in [3.05, 3.63) is 28.3 Å². The normalized spacial score (nSPS) is 19.1. The highest BCUT2D eigenvalue weighted by Gasteiger charge is 2.25. The zero-order chi connectivity index (χ0) is 12.4. The van der Waals surface area contributed by atoms with E-state index in [0.29, 0.717) is 17.2 Å². The SMILES string of the molecule is Cc1c(N[C@@H]2COCC2=O)ccc(C#N)c1Cl. The van der Waals surface area contributed by atoms with E-state index in [1.807, 2.05) is 13.0 Å². The van der Waals surface area contributed by atoms with Gasteiger partial charge in [-0.25, -0.2) is 0 Å². The Hall–Kier alpha value is -1.57. The number of carbonyl (C=O) groups is 1. The fourth-order valence-electron chi connectivity index (χ4n) is 1.71. The maximum absolute atomic E-state index is 11.4. The van der Waals surface area contributed by atoms with Gasteiger partial charge in [-0.05, 0) is 24.6 Å². The summed E-state index contributed by atoms with van der Waals surface area (Å²) >= 11 is 6.04. The number of Topliss-reactive ketones (excluding diaryl/α,β-unsaturated/α-hetero) is 1. The van der Waals surface area contributed by atoms with Crippen LogP contribution in [0.2, 0.25) is 5.02 Å². The summed E-state index contributed by atoms with van der Waals surface area (Å²) in [5, 5.41) is 12.3. The molecule has 2 rings (SSSR count). The number of nitriles is 1. The van der Waals surface area contributed by atoms with Crippen LogP contribution < -0.4 is 5.32 Å². The summed E-state index contributed by atoms with van der Waals surface area (Å²) in [6.45, 7) is 2.34. The second kappa shape index (κ2) is 4.74. The Morgan fingerprint density at radius 1 is 1.59 bits per heavy atom. The van der Waals surface area contributed by atoms with Gasteiger partial charge in [-0.15, -0.1) is 0 Å². The first-order valence-corrected chi connectivity index (χ1v) is 5.57. The van der Waals surface area contributed by atoms with Crippen molar-refractivity contribution in [3.8, 4) is 6.07 Å². The number of benzene rings is 1. The number of carbonyl (C=O) groups excluding carboxylic acids is 1. The summed E-state index contributed by atoms with van der Waals surface area (Å²) in [6, 6.07) is 5.08. The molecule has 1 heterocycles. The lowest BCUT2D eigenvalue weighted by atomic mass is 10.1. The quantitative estimate of drug-likeness (QED) is 0.871. The standard InChI is InChI=1S/C12H11ClN2O2/c1-7-9(3-2-8(4-14)12(7)13)15-10-5-17-6-11(10)16/h2-3,10,15H,5-6H2,1H3/t10-/m1/s1. The first kappa shape index (κ1) is 11.9. The third kappa shape index (κ3) is 2.26. The molecule has 88 valence electrons. The van der Waals surface area contributed by atoms with Gasteiger partial charge in [0.1, 0.15) is 18.7 Å². The molecule has 4 nitrogen and oxygen atoms in total. The van der Waals surface area contributed by atoms with Crippen LogP contribution in [-0.2, 0) is 9.53 Å². The van der Waals surface area contributed by atoms with Crippen molar-refractivity contribution in [3.63, 3.8) is 0 Å². The monoisotopic (exact) mass is 250 g/mol. The van der Waals surface area contributed by atoms with Gasteiger partial charge in [-0.3, -0.25) is 4.79 Å². The fourth-order valence-corrected chi connectivity index (χ4v) is 1.92. The van der Waals surface area contributed by atoms with Gasteiger partial charge >= 0.3 is 0 Å². The van der Waals surface area contributed by atoms with Crippen LogP contribution >= 0.6 is 11.6 Å². The minimum absolute atomic E-state index is 0.0323. The topological polar surface area (TPSA) is 62.1 Å². The summed E-state index contributed by atoms with van der Waals surface area (Å²) in [6.07, 6.45) is 0. The minimum atomic E-state index is -0.322. The third-order valence-corrected chi connectivity index (χ3v) is 3.24. The van der Waals surface area contributed by atoms with E-state index in [0.717, 1.165) is 11.3 Å². The second-order valence-electron chi connectivity index (χ2n) is 3.89. The number of ether oxygens (including phenoxy) is 1. The second-order valence-corrected chi connectivity index (χ2v) is 4.27. The molecular weight excluding hydrogens is 240 g/mol. The summed E-state index contributed by atoms with van der Waals surface area (Å²) in [5.74, 6) is 0.0323. The van der Waals surface area contributed by atoms with Crippen molar-refractivity contribution in [1.29, 1.82) is 5.26 Å². The average Bonchev–Trinajstić information content (AvgIpc) is 2.71. The maximum atomic E-state index is 11.4. The Balaban J connectivity index is 2.25. The van der Waals surface area contributed by atoms with Gasteiger partial charge < -0.3 is 10.1 Å². The molecule has 0 radical (unpaired) electrons. The van der Waals surface area contributed by atoms with Crippen LogP contribution in [0.1, 0.15) is 11.1 Å². The van der Waals surface area contributed by atoms with Crippen molar-refractivity contribution < 1.29 is 9.53 Å². The molecule has 17 heavy (non-hydrogen) atoms. The number of hydrogen-bond donors (Lipinski definition) is 1. The molecule has 0 aromatic heterocycles. The van der Waals surface area contributed by atoms with Crippen LogP contribution in [0, 0.1) is 18.3 Å². The summed E-state index contributed by atoms with van der Waals surface area (Å²) in [7, 11) is 0. The predicted molar refractivity (Wildman–Crippen MR) is 64.1 cm³/mol. The highest BCUT2D eigenvalue weighted by atomic mass is 35.5. The highest BCUT2D eigenvalue weighted by molar-refractivity contribution is 6.32. The van der Waals surface area contributed by atoms with Gasteiger partial charge in [-0.2, -0.15) is 5.26 Å². The molecule has 0 saturated carbocycles. The van der Waals surface area contributed by atoms with Gasteiger partial charge in [-0.1, -0.05) is 11.6 Å². The van der Waals surface area contributed by atoms with Crippen LogP contribution in [0.4, 0.5) is 5.69 Å². The predicted octanol–water partition coefficient (Wildman–Crippen LogP) is 1.90. The number of halogens is 1. The lowest BCUT2D eigenvalue weighted by molar-refractivity contribution is -0.118. The van der Waals surface area contributed by atoms with Gasteiger partial charge in [0.15, 0.2) is 5.78 Å². The van der Waals surface area contributed by atoms with E-state index in [1.165, 1.54) is 0 Å². The largest absolute Gasteiger partial charge is 0.373 e. The van der Waals surface area contributed by atoms with Crippen molar-refractivity contribution in [2.45, 2.75) is 13.0 Å². The van der Waals surface area contributed by atoms with Crippen LogP contribution in [0.3, 0.4) is 0 Å². The molecule has 0 unspecified atom stereocenters.